The summed E-state index contributed by atoms with van der Waals surface area (Å²) < 4.78 is 1.30. The third-order valence-corrected chi connectivity index (χ3v) is 3.61. The summed E-state index contributed by atoms with van der Waals surface area (Å²) in [5.74, 6) is -1.12. The van der Waals surface area contributed by atoms with Gasteiger partial charge in [0.05, 0.1) is 5.69 Å². The summed E-state index contributed by atoms with van der Waals surface area (Å²) in [5.41, 5.74) is 0.877. The summed E-state index contributed by atoms with van der Waals surface area (Å²) in [4.78, 5) is 42.6. The average Bonchev–Trinajstić information content (AvgIpc) is 2.94. The lowest BCUT2D eigenvalue weighted by atomic mass is 10.2. The monoisotopic (exact) mass is 346 g/mol. The zero-order valence-corrected chi connectivity index (χ0v) is 14.7. The highest BCUT2D eigenvalue weighted by atomic mass is 16.2. The van der Waals surface area contributed by atoms with Gasteiger partial charge in [-0.05, 0) is 26.7 Å². The standard InChI is InChI=1S/C16H22N6O3/c1-5-9(3)17-14(24)15(25)19-12-7-10(4)21-22(12)16-18-11(6-2)8-13(23)20-16/h7-9H,5-6H2,1-4H3,(H,17,24)(H,19,25)(H,18,20,23)/t9-/m0/s1. The molecule has 0 bridgehead atoms. The van der Waals surface area contributed by atoms with Gasteiger partial charge in [0, 0.05) is 23.9 Å². The molecule has 2 rings (SSSR count). The second kappa shape index (κ2) is 7.73. The van der Waals surface area contributed by atoms with Crippen LogP contribution in [0.15, 0.2) is 16.9 Å². The number of hydrogen-bond acceptors (Lipinski definition) is 5. The van der Waals surface area contributed by atoms with Crippen molar-refractivity contribution in [1.82, 2.24) is 25.1 Å². The van der Waals surface area contributed by atoms with Crippen molar-refractivity contribution in [2.24, 2.45) is 0 Å². The van der Waals surface area contributed by atoms with Crippen molar-refractivity contribution in [2.45, 2.75) is 46.6 Å². The highest BCUT2D eigenvalue weighted by Gasteiger charge is 2.19. The fraction of sp³-hybridized carbons (Fsp3) is 0.438. The number of carbonyl (C=O) groups excluding carboxylic acids is 2. The molecule has 0 saturated heterocycles. The van der Waals surface area contributed by atoms with Crippen molar-refractivity contribution in [3.05, 3.63) is 33.9 Å². The van der Waals surface area contributed by atoms with Crippen LogP contribution in [-0.2, 0) is 16.0 Å². The number of carbonyl (C=O) groups is 2. The number of hydrogen-bond donors (Lipinski definition) is 3. The molecule has 0 aliphatic heterocycles. The number of amides is 2. The zero-order chi connectivity index (χ0) is 18.6. The van der Waals surface area contributed by atoms with Gasteiger partial charge in [-0.25, -0.2) is 4.98 Å². The summed E-state index contributed by atoms with van der Waals surface area (Å²) in [6, 6.07) is 2.88. The van der Waals surface area contributed by atoms with Crippen LogP contribution in [0.25, 0.3) is 5.95 Å². The predicted octanol–water partition coefficient (Wildman–Crippen LogP) is 0.680. The molecule has 25 heavy (non-hydrogen) atoms. The third kappa shape index (κ3) is 4.52. The Labute approximate surface area is 144 Å². The van der Waals surface area contributed by atoms with E-state index < -0.39 is 11.8 Å². The van der Waals surface area contributed by atoms with E-state index in [-0.39, 0.29) is 23.4 Å². The molecule has 2 heterocycles. The first kappa shape index (κ1) is 18.4. The van der Waals surface area contributed by atoms with Crippen LogP contribution in [0.4, 0.5) is 5.82 Å². The minimum atomic E-state index is -0.810. The molecule has 9 nitrogen and oxygen atoms in total. The summed E-state index contributed by atoms with van der Waals surface area (Å²) in [6.45, 7) is 7.32. The van der Waals surface area contributed by atoms with Gasteiger partial charge in [0.15, 0.2) is 0 Å². The van der Waals surface area contributed by atoms with E-state index in [1.165, 1.54) is 10.7 Å². The summed E-state index contributed by atoms with van der Waals surface area (Å²) in [7, 11) is 0. The number of nitrogens with zero attached hydrogens (tertiary/aromatic N) is 3. The molecule has 9 heteroatoms. The number of rotatable bonds is 5. The van der Waals surface area contributed by atoms with Gasteiger partial charge < -0.3 is 10.6 Å². The van der Waals surface area contributed by atoms with Crippen LogP contribution in [0, 0.1) is 6.92 Å². The summed E-state index contributed by atoms with van der Waals surface area (Å²) in [6.07, 6.45) is 1.29. The van der Waals surface area contributed by atoms with Gasteiger partial charge in [-0.2, -0.15) is 9.78 Å². The van der Waals surface area contributed by atoms with Crippen molar-refractivity contribution >= 4 is 17.6 Å². The SMILES string of the molecule is CCc1cc(=O)[nH]c(-n2nc(C)cc2NC(=O)C(=O)N[C@@H](C)CC)n1. The Morgan fingerprint density at radius 1 is 1.28 bits per heavy atom. The van der Waals surface area contributed by atoms with Crippen LogP contribution in [0.1, 0.15) is 38.6 Å². The minimum absolute atomic E-state index is 0.107. The molecule has 2 amide bonds. The number of aryl methyl sites for hydroxylation is 2. The van der Waals surface area contributed by atoms with Crippen LogP contribution >= 0.6 is 0 Å². The van der Waals surface area contributed by atoms with E-state index in [9.17, 15) is 14.4 Å². The van der Waals surface area contributed by atoms with E-state index in [2.05, 4.69) is 25.7 Å². The second-order valence-corrected chi connectivity index (χ2v) is 5.73. The van der Waals surface area contributed by atoms with E-state index in [1.807, 2.05) is 20.8 Å². The molecule has 2 aromatic rings. The quantitative estimate of drug-likeness (QED) is 0.687. The van der Waals surface area contributed by atoms with E-state index in [0.29, 0.717) is 24.2 Å². The van der Waals surface area contributed by atoms with Gasteiger partial charge in [0.1, 0.15) is 5.82 Å². The molecule has 1 atom stereocenters. The highest BCUT2D eigenvalue weighted by molar-refractivity contribution is 6.39. The maximum atomic E-state index is 12.1. The van der Waals surface area contributed by atoms with Crippen molar-refractivity contribution in [2.75, 3.05) is 5.32 Å². The summed E-state index contributed by atoms with van der Waals surface area (Å²) in [5, 5.41) is 9.32. The van der Waals surface area contributed by atoms with Gasteiger partial charge in [0.2, 0.25) is 5.95 Å². The van der Waals surface area contributed by atoms with Crippen LogP contribution in [0.3, 0.4) is 0 Å². The van der Waals surface area contributed by atoms with Crippen LogP contribution < -0.4 is 16.2 Å². The number of nitrogens with one attached hydrogen (secondary N) is 3. The van der Waals surface area contributed by atoms with Crippen molar-refractivity contribution in [3.63, 3.8) is 0 Å². The molecule has 0 fully saturated rings. The average molecular weight is 346 g/mol. The Bertz CT molecular complexity index is 839. The van der Waals surface area contributed by atoms with E-state index in [1.54, 1.807) is 13.0 Å². The molecule has 2 aromatic heterocycles. The second-order valence-electron chi connectivity index (χ2n) is 5.73. The van der Waals surface area contributed by atoms with Crippen LogP contribution in [0.2, 0.25) is 0 Å². The normalized spacial score (nSPS) is 11.8. The topological polar surface area (TPSA) is 122 Å². The lowest BCUT2D eigenvalue weighted by molar-refractivity contribution is -0.136. The van der Waals surface area contributed by atoms with Crippen LogP contribution in [0.5, 0.6) is 0 Å². The molecule has 0 aliphatic rings. The molecule has 0 spiro atoms. The van der Waals surface area contributed by atoms with Gasteiger partial charge in [-0.1, -0.05) is 13.8 Å². The van der Waals surface area contributed by atoms with Crippen molar-refractivity contribution in [3.8, 4) is 5.95 Å². The van der Waals surface area contributed by atoms with Crippen molar-refractivity contribution < 1.29 is 9.59 Å². The maximum Gasteiger partial charge on any atom is 0.314 e. The Balaban J connectivity index is 2.30. The first-order valence-electron chi connectivity index (χ1n) is 8.13. The fourth-order valence-corrected chi connectivity index (χ4v) is 2.09. The summed E-state index contributed by atoms with van der Waals surface area (Å²) >= 11 is 0. The lowest BCUT2D eigenvalue weighted by Crippen LogP contribution is -2.40. The zero-order valence-electron chi connectivity index (χ0n) is 14.7. The predicted molar refractivity (Wildman–Crippen MR) is 92.6 cm³/mol. The van der Waals surface area contributed by atoms with Gasteiger partial charge in [-0.3, -0.25) is 19.4 Å². The smallest absolute Gasteiger partial charge is 0.314 e. The number of H-pyrrole nitrogens is 1. The van der Waals surface area contributed by atoms with Crippen LogP contribution in [-0.4, -0.2) is 37.6 Å². The Hall–Kier alpha value is -2.97. The van der Waals surface area contributed by atoms with E-state index in [0.717, 1.165) is 0 Å². The molecule has 0 saturated carbocycles. The fourth-order valence-electron chi connectivity index (χ4n) is 2.09. The molecule has 134 valence electrons. The molecule has 0 aliphatic carbocycles. The Morgan fingerprint density at radius 3 is 2.64 bits per heavy atom. The lowest BCUT2D eigenvalue weighted by Gasteiger charge is -2.12. The molecule has 0 radical (unpaired) electrons. The number of aromatic amines is 1. The highest BCUT2D eigenvalue weighted by Crippen LogP contribution is 2.14. The Kier molecular flexibility index (Phi) is 5.68. The largest absolute Gasteiger partial charge is 0.345 e. The van der Waals surface area contributed by atoms with Crippen molar-refractivity contribution in [1.29, 1.82) is 0 Å². The molecular weight excluding hydrogens is 324 g/mol. The minimum Gasteiger partial charge on any atom is -0.345 e. The van der Waals surface area contributed by atoms with Gasteiger partial charge >= 0.3 is 11.8 Å². The third-order valence-electron chi connectivity index (χ3n) is 3.61. The molecule has 0 aromatic carbocycles. The van der Waals surface area contributed by atoms with Gasteiger partial charge in [0.25, 0.3) is 5.56 Å². The van der Waals surface area contributed by atoms with E-state index in [4.69, 9.17) is 0 Å². The number of aromatic nitrogens is 4. The van der Waals surface area contributed by atoms with Gasteiger partial charge in [-0.15, -0.1) is 0 Å². The molecular formula is C16H22N6O3. The first-order valence-corrected chi connectivity index (χ1v) is 8.13. The molecule has 0 unspecified atom stereocenters. The number of anilines is 1. The van der Waals surface area contributed by atoms with E-state index >= 15 is 0 Å². The Morgan fingerprint density at radius 2 is 2.00 bits per heavy atom. The molecule has 3 N–H and O–H groups in total. The maximum absolute atomic E-state index is 12.1. The first-order chi connectivity index (χ1) is 11.8.